The zero-order valence-electron chi connectivity index (χ0n) is 40.9. The number of allylic oxidation sites excluding steroid dienone is 10. The molecule has 0 aromatic carbocycles. The zero-order chi connectivity index (χ0) is 45.1. The highest BCUT2D eigenvalue weighted by Crippen LogP contribution is 2.14. The molecule has 0 N–H and O–H groups in total. The van der Waals surface area contributed by atoms with Crippen LogP contribution in [0.3, 0.4) is 0 Å². The van der Waals surface area contributed by atoms with Crippen LogP contribution in [0.2, 0.25) is 0 Å². The highest BCUT2D eigenvalue weighted by atomic mass is 16.6. The second-order valence-electron chi connectivity index (χ2n) is 17.4. The Morgan fingerprint density at radius 2 is 0.629 bits per heavy atom. The molecule has 0 aliphatic heterocycles. The van der Waals surface area contributed by atoms with Gasteiger partial charge in [0.25, 0.3) is 0 Å². The first-order valence-corrected chi connectivity index (χ1v) is 26.3. The minimum Gasteiger partial charge on any atom is -0.462 e. The number of ether oxygens (including phenoxy) is 3. The highest BCUT2D eigenvalue weighted by molar-refractivity contribution is 5.71. The van der Waals surface area contributed by atoms with Gasteiger partial charge in [0.15, 0.2) is 6.10 Å². The molecule has 0 saturated heterocycles. The molecule has 0 aromatic rings. The SMILES string of the molecule is CC/C=C\C/C=C\C/C=C\CCCCCCCC(=O)O[C@H](COC(=O)CCCCCCC/C=C\CCCCCC)COC(=O)CCCCCCC/C=C\CCCCCCCCC. The number of esters is 3. The Bertz CT molecular complexity index is 1130. The van der Waals surface area contributed by atoms with Crippen LogP contribution in [0, 0.1) is 0 Å². The normalized spacial score (nSPS) is 12.5. The van der Waals surface area contributed by atoms with Crippen molar-refractivity contribution in [1.82, 2.24) is 0 Å². The fourth-order valence-corrected chi connectivity index (χ4v) is 7.27. The molecule has 0 spiro atoms. The molecule has 0 bridgehead atoms. The van der Waals surface area contributed by atoms with Gasteiger partial charge in [-0.25, -0.2) is 0 Å². The van der Waals surface area contributed by atoms with Gasteiger partial charge >= 0.3 is 17.9 Å². The first-order chi connectivity index (χ1) is 30.5. The third-order valence-electron chi connectivity index (χ3n) is 11.2. The number of unbranched alkanes of at least 4 members (excludes halogenated alkanes) is 26. The summed E-state index contributed by atoms with van der Waals surface area (Å²) in [5, 5.41) is 0. The van der Waals surface area contributed by atoms with Crippen LogP contribution in [-0.4, -0.2) is 37.2 Å². The van der Waals surface area contributed by atoms with Crippen molar-refractivity contribution in [1.29, 1.82) is 0 Å². The minimum absolute atomic E-state index is 0.0879. The molecule has 1 atom stereocenters. The summed E-state index contributed by atoms with van der Waals surface area (Å²) in [4.78, 5) is 38.0. The number of carbonyl (C=O) groups is 3. The van der Waals surface area contributed by atoms with Crippen molar-refractivity contribution in [3.63, 3.8) is 0 Å². The van der Waals surface area contributed by atoms with E-state index < -0.39 is 6.10 Å². The third-order valence-corrected chi connectivity index (χ3v) is 11.2. The van der Waals surface area contributed by atoms with Gasteiger partial charge in [-0.1, -0.05) is 197 Å². The van der Waals surface area contributed by atoms with E-state index >= 15 is 0 Å². The molecule has 358 valence electrons. The number of hydrogen-bond donors (Lipinski definition) is 0. The maximum atomic E-state index is 12.8. The van der Waals surface area contributed by atoms with E-state index in [1.165, 1.54) is 109 Å². The molecule has 0 saturated carbocycles. The van der Waals surface area contributed by atoms with Crippen LogP contribution in [-0.2, 0) is 28.6 Å². The summed E-state index contributed by atoms with van der Waals surface area (Å²) in [5.41, 5.74) is 0. The molecule has 0 radical (unpaired) electrons. The Kier molecular flexibility index (Phi) is 48.4. The third kappa shape index (κ3) is 48.1. The summed E-state index contributed by atoms with van der Waals surface area (Å²) >= 11 is 0. The fourth-order valence-electron chi connectivity index (χ4n) is 7.27. The van der Waals surface area contributed by atoms with E-state index in [4.69, 9.17) is 14.2 Å². The van der Waals surface area contributed by atoms with Gasteiger partial charge in [0, 0.05) is 19.3 Å². The first-order valence-electron chi connectivity index (χ1n) is 26.3. The lowest BCUT2D eigenvalue weighted by Gasteiger charge is -2.18. The monoisotopic (exact) mass is 867 g/mol. The Balaban J connectivity index is 4.42. The summed E-state index contributed by atoms with van der Waals surface area (Å²) in [7, 11) is 0. The molecule has 6 heteroatoms. The molecule has 0 amide bonds. The maximum absolute atomic E-state index is 12.8. The van der Waals surface area contributed by atoms with E-state index in [1.54, 1.807) is 0 Å². The van der Waals surface area contributed by atoms with Crippen molar-refractivity contribution >= 4 is 17.9 Å². The van der Waals surface area contributed by atoms with Gasteiger partial charge in [0.2, 0.25) is 0 Å². The maximum Gasteiger partial charge on any atom is 0.306 e. The second kappa shape index (κ2) is 50.8. The van der Waals surface area contributed by atoms with Crippen LogP contribution in [0.1, 0.15) is 258 Å². The molecule has 0 heterocycles. The van der Waals surface area contributed by atoms with Crippen LogP contribution in [0.25, 0.3) is 0 Å². The molecule has 0 aliphatic rings. The average molecular weight is 867 g/mol. The number of hydrogen-bond acceptors (Lipinski definition) is 6. The Labute approximate surface area is 383 Å². The standard InChI is InChI=1S/C56H98O6/c1-4-7-10-13-16-19-22-25-27-29-31-34-37-40-43-46-49-55(58)61-52-53(51-60-54(57)48-45-42-39-36-33-30-24-21-18-15-12-9-6-3)62-56(59)50-47-44-41-38-35-32-28-26-23-20-17-14-11-8-5-2/h8,11,17,20-21,24,26-29,53H,4-7,9-10,12-16,18-19,22-23,25,30-52H2,1-3H3/b11-8-,20-17-,24-21-,28-26-,29-27-/t53-/m1/s1. The lowest BCUT2D eigenvalue weighted by atomic mass is 10.1. The molecule has 0 rings (SSSR count). The van der Waals surface area contributed by atoms with Gasteiger partial charge in [0.05, 0.1) is 0 Å². The molecule has 0 aliphatic carbocycles. The van der Waals surface area contributed by atoms with Crippen LogP contribution in [0.4, 0.5) is 0 Å². The zero-order valence-corrected chi connectivity index (χ0v) is 40.9. The van der Waals surface area contributed by atoms with Crippen molar-refractivity contribution in [2.24, 2.45) is 0 Å². The Hall–Kier alpha value is -2.89. The van der Waals surface area contributed by atoms with Gasteiger partial charge in [-0.3, -0.25) is 14.4 Å². The predicted molar refractivity (Wildman–Crippen MR) is 265 cm³/mol. The lowest BCUT2D eigenvalue weighted by molar-refractivity contribution is -0.167. The predicted octanol–water partition coefficient (Wildman–Crippen LogP) is 17.3. The van der Waals surface area contributed by atoms with Crippen molar-refractivity contribution in [3.8, 4) is 0 Å². The molecular weight excluding hydrogens is 769 g/mol. The van der Waals surface area contributed by atoms with Gasteiger partial charge < -0.3 is 14.2 Å². The first kappa shape index (κ1) is 59.1. The highest BCUT2D eigenvalue weighted by Gasteiger charge is 2.19. The fraction of sp³-hybridized carbons (Fsp3) is 0.768. The van der Waals surface area contributed by atoms with Crippen LogP contribution in [0.15, 0.2) is 60.8 Å². The summed E-state index contributed by atoms with van der Waals surface area (Å²) < 4.78 is 16.8. The van der Waals surface area contributed by atoms with E-state index in [1.807, 2.05) is 0 Å². The second-order valence-corrected chi connectivity index (χ2v) is 17.4. The van der Waals surface area contributed by atoms with E-state index in [0.29, 0.717) is 19.3 Å². The topological polar surface area (TPSA) is 78.9 Å². The summed E-state index contributed by atoms with van der Waals surface area (Å²) in [6, 6.07) is 0. The van der Waals surface area contributed by atoms with Crippen LogP contribution < -0.4 is 0 Å². The van der Waals surface area contributed by atoms with Crippen LogP contribution in [0.5, 0.6) is 0 Å². The summed E-state index contributed by atoms with van der Waals surface area (Å²) in [6.45, 7) is 6.49. The average Bonchev–Trinajstić information content (AvgIpc) is 3.27. The van der Waals surface area contributed by atoms with Crippen molar-refractivity contribution in [3.05, 3.63) is 60.8 Å². The minimum atomic E-state index is -0.789. The van der Waals surface area contributed by atoms with Gasteiger partial charge in [0.1, 0.15) is 13.2 Å². The molecular formula is C56H98O6. The van der Waals surface area contributed by atoms with E-state index in [9.17, 15) is 14.4 Å². The quantitative estimate of drug-likeness (QED) is 0.0262. The summed E-state index contributed by atoms with van der Waals surface area (Å²) in [5.74, 6) is -0.917. The number of rotatable bonds is 47. The Morgan fingerprint density at radius 1 is 0.339 bits per heavy atom. The van der Waals surface area contributed by atoms with Crippen molar-refractivity contribution in [2.75, 3.05) is 13.2 Å². The molecule has 0 unspecified atom stereocenters. The smallest absolute Gasteiger partial charge is 0.306 e. The van der Waals surface area contributed by atoms with Crippen LogP contribution >= 0.6 is 0 Å². The van der Waals surface area contributed by atoms with E-state index in [-0.39, 0.29) is 31.1 Å². The van der Waals surface area contributed by atoms with E-state index in [0.717, 1.165) is 109 Å². The Morgan fingerprint density at radius 3 is 1.02 bits per heavy atom. The summed E-state index contributed by atoms with van der Waals surface area (Å²) in [6.07, 6.45) is 62.0. The van der Waals surface area contributed by atoms with E-state index in [2.05, 4.69) is 81.5 Å². The van der Waals surface area contributed by atoms with Gasteiger partial charge in [-0.2, -0.15) is 0 Å². The molecule has 0 fully saturated rings. The van der Waals surface area contributed by atoms with Crippen molar-refractivity contribution in [2.45, 2.75) is 264 Å². The largest absolute Gasteiger partial charge is 0.462 e. The van der Waals surface area contributed by atoms with Gasteiger partial charge in [-0.05, 0) is 103 Å². The lowest BCUT2D eigenvalue weighted by Crippen LogP contribution is -2.30. The van der Waals surface area contributed by atoms with Gasteiger partial charge in [-0.15, -0.1) is 0 Å². The van der Waals surface area contributed by atoms with Crippen molar-refractivity contribution < 1.29 is 28.6 Å². The molecule has 62 heavy (non-hydrogen) atoms. The molecule has 0 aromatic heterocycles. The number of carbonyl (C=O) groups excluding carboxylic acids is 3. The molecule has 6 nitrogen and oxygen atoms in total.